The SMILES string of the molecule is Cc1ccc[nH]1.Cc1cnns1. The van der Waals surface area contributed by atoms with Crippen LogP contribution in [0.5, 0.6) is 0 Å². The average Bonchev–Trinajstić information content (AvgIpc) is 2.63. The molecule has 0 amide bonds. The number of hydrogen-bond donors (Lipinski definition) is 1. The van der Waals surface area contributed by atoms with Gasteiger partial charge in [-0.25, -0.2) is 0 Å². The van der Waals surface area contributed by atoms with Crippen molar-refractivity contribution in [3.63, 3.8) is 0 Å². The summed E-state index contributed by atoms with van der Waals surface area (Å²) in [6, 6.07) is 4.01. The van der Waals surface area contributed by atoms with E-state index in [0.717, 1.165) is 4.88 Å². The van der Waals surface area contributed by atoms with E-state index in [1.807, 2.05) is 32.2 Å². The van der Waals surface area contributed by atoms with E-state index in [4.69, 9.17) is 0 Å². The zero-order valence-corrected chi connectivity index (χ0v) is 7.93. The topological polar surface area (TPSA) is 41.6 Å². The summed E-state index contributed by atoms with van der Waals surface area (Å²) >= 11 is 1.42. The Morgan fingerprint density at radius 1 is 1.42 bits per heavy atom. The lowest BCUT2D eigenvalue weighted by Crippen LogP contribution is -1.59. The zero-order chi connectivity index (χ0) is 8.81. The quantitative estimate of drug-likeness (QED) is 0.676. The van der Waals surface area contributed by atoms with Crippen LogP contribution < -0.4 is 0 Å². The third kappa shape index (κ3) is 3.30. The van der Waals surface area contributed by atoms with Crippen molar-refractivity contribution in [2.75, 3.05) is 0 Å². The van der Waals surface area contributed by atoms with Crippen molar-refractivity contribution in [1.82, 2.24) is 14.6 Å². The summed E-state index contributed by atoms with van der Waals surface area (Å²) in [6.45, 7) is 4.00. The molecule has 0 bridgehead atoms. The first-order chi connectivity index (χ1) is 5.79. The second-order valence-electron chi connectivity index (χ2n) is 2.38. The predicted molar refractivity (Wildman–Crippen MR) is 50.2 cm³/mol. The number of rotatable bonds is 0. The molecule has 64 valence electrons. The van der Waals surface area contributed by atoms with E-state index in [1.165, 1.54) is 17.2 Å². The van der Waals surface area contributed by atoms with Crippen LogP contribution in [0.1, 0.15) is 10.6 Å². The average molecular weight is 181 g/mol. The van der Waals surface area contributed by atoms with Crippen LogP contribution in [0.15, 0.2) is 24.5 Å². The first-order valence-electron chi connectivity index (χ1n) is 3.63. The largest absolute Gasteiger partial charge is 0.365 e. The van der Waals surface area contributed by atoms with Crippen LogP contribution in [0.25, 0.3) is 0 Å². The normalized spacial score (nSPS) is 8.83. The maximum atomic E-state index is 3.61. The first-order valence-corrected chi connectivity index (χ1v) is 4.40. The molecule has 0 radical (unpaired) electrons. The van der Waals surface area contributed by atoms with Crippen LogP contribution in [0.3, 0.4) is 0 Å². The van der Waals surface area contributed by atoms with E-state index in [2.05, 4.69) is 14.6 Å². The molecule has 2 aromatic rings. The molecule has 0 spiro atoms. The van der Waals surface area contributed by atoms with Crippen LogP contribution in [-0.4, -0.2) is 14.6 Å². The molecule has 2 rings (SSSR count). The molecule has 0 aliphatic heterocycles. The number of aromatic nitrogens is 3. The number of hydrogen-bond acceptors (Lipinski definition) is 3. The summed E-state index contributed by atoms with van der Waals surface area (Å²) in [5.74, 6) is 0. The molecule has 2 aromatic heterocycles. The van der Waals surface area contributed by atoms with Gasteiger partial charge in [0.25, 0.3) is 0 Å². The number of aromatic amines is 1. The van der Waals surface area contributed by atoms with E-state index in [-0.39, 0.29) is 0 Å². The van der Waals surface area contributed by atoms with Crippen molar-refractivity contribution >= 4 is 11.5 Å². The van der Waals surface area contributed by atoms with Gasteiger partial charge in [-0.3, -0.25) is 0 Å². The second-order valence-corrected chi connectivity index (χ2v) is 3.37. The maximum absolute atomic E-state index is 3.61. The third-order valence-corrected chi connectivity index (χ3v) is 1.79. The van der Waals surface area contributed by atoms with Crippen LogP contribution in [-0.2, 0) is 0 Å². The fourth-order valence-electron chi connectivity index (χ4n) is 0.637. The summed E-state index contributed by atoms with van der Waals surface area (Å²) in [5.41, 5.74) is 1.22. The summed E-state index contributed by atoms with van der Waals surface area (Å²) in [5, 5.41) is 3.59. The molecule has 0 aromatic carbocycles. The van der Waals surface area contributed by atoms with Crippen molar-refractivity contribution in [2.24, 2.45) is 0 Å². The molecule has 2 heterocycles. The minimum absolute atomic E-state index is 1.16. The maximum Gasteiger partial charge on any atom is 0.0650 e. The fourth-order valence-corrected chi connectivity index (χ4v) is 0.954. The Balaban J connectivity index is 0.000000120. The van der Waals surface area contributed by atoms with E-state index >= 15 is 0 Å². The van der Waals surface area contributed by atoms with Crippen LogP contribution >= 0.6 is 11.5 Å². The Labute approximate surface area is 75.6 Å². The van der Waals surface area contributed by atoms with Crippen molar-refractivity contribution in [3.05, 3.63) is 35.1 Å². The molecular formula is C8H11N3S. The molecule has 0 aliphatic rings. The van der Waals surface area contributed by atoms with Crippen molar-refractivity contribution in [3.8, 4) is 0 Å². The Bertz CT molecular complexity index is 254. The van der Waals surface area contributed by atoms with Gasteiger partial charge in [0, 0.05) is 16.8 Å². The molecule has 12 heavy (non-hydrogen) atoms. The van der Waals surface area contributed by atoms with Gasteiger partial charge in [-0.1, -0.05) is 4.49 Å². The summed E-state index contributed by atoms with van der Waals surface area (Å²) in [7, 11) is 0. The standard InChI is InChI=1S/C5H7N.C3H4N2S/c1-5-3-2-4-6-5;1-3-2-4-5-6-3/h2-4,6H,1H3;2H,1H3. The number of aryl methyl sites for hydroxylation is 2. The lowest BCUT2D eigenvalue weighted by molar-refractivity contribution is 1.15. The van der Waals surface area contributed by atoms with Gasteiger partial charge >= 0.3 is 0 Å². The molecule has 4 heteroatoms. The van der Waals surface area contributed by atoms with E-state index in [1.54, 1.807) is 6.20 Å². The highest BCUT2D eigenvalue weighted by Gasteiger charge is 1.78. The minimum atomic E-state index is 1.16. The molecule has 0 saturated carbocycles. The lowest BCUT2D eigenvalue weighted by Gasteiger charge is -1.70. The lowest BCUT2D eigenvalue weighted by atomic mass is 10.5. The monoisotopic (exact) mass is 181 g/mol. The number of nitrogens with zero attached hydrogens (tertiary/aromatic N) is 2. The summed E-state index contributed by atoms with van der Waals surface area (Å²) in [6.07, 6.45) is 3.65. The predicted octanol–water partition coefficient (Wildman–Crippen LogP) is 2.17. The first kappa shape index (κ1) is 8.93. The molecule has 0 atom stereocenters. The highest BCUT2D eigenvalue weighted by atomic mass is 32.1. The second kappa shape index (κ2) is 4.66. The molecule has 1 N–H and O–H groups in total. The van der Waals surface area contributed by atoms with Crippen LogP contribution in [0.4, 0.5) is 0 Å². The molecule has 0 fully saturated rings. The molecule has 0 unspecified atom stereocenters. The highest BCUT2D eigenvalue weighted by Crippen LogP contribution is 1.95. The van der Waals surface area contributed by atoms with Crippen LogP contribution in [0.2, 0.25) is 0 Å². The van der Waals surface area contributed by atoms with E-state index in [9.17, 15) is 0 Å². The minimum Gasteiger partial charge on any atom is -0.365 e. The fraction of sp³-hybridized carbons (Fsp3) is 0.250. The van der Waals surface area contributed by atoms with E-state index in [0.29, 0.717) is 0 Å². The Morgan fingerprint density at radius 2 is 2.25 bits per heavy atom. The van der Waals surface area contributed by atoms with Gasteiger partial charge in [0.2, 0.25) is 0 Å². The number of nitrogens with one attached hydrogen (secondary N) is 1. The van der Waals surface area contributed by atoms with Crippen molar-refractivity contribution in [1.29, 1.82) is 0 Å². The van der Waals surface area contributed by atoms with Gasteiger partial charge in [-0.15, -0.1) is 5.10 Å². The smallest absolute Gasteiger partial charge is 0.0650 e. The molecule has 0 aliphatic carbocycles. The van der Waals surface area contributed by atoms with Crippen molar-refractivity contribution < 1.29 is 0 Å². The highest BCUT2D eigenvalue weighted by molar-refractivity contribution is 7.05. The zero-order valence-electron chi connectivity index (χ0n) is 7.11. The third-order valence-electron chi connectivity index (χ3n) is 1.22. The Hall–Kier alpha value is -1.16. The van der Waals surface area contributed by atoms with Crippen LogP contribution in [0, 0.1) is 13.8 Å². The summed E-state index contributed by atoms with van der Waals surface area (Å²) < 4.78 is 3.61. The van der Waals surface area contributed by atoms with Crippen molar-refractivity contribution in [2.45, 2.75) is 13.8 Å². The van der Waals surface area contributed by atoms with Gasteiger partial charge in [0.1, 0.15) is 0 Å². The molecule has 0 saturated heterocycles. The molecular weight excluding hydrogens is 170 g/mol. The molecule has 3 nitrogen and oxygen atoms in total. The van der Waals surface area contributed by atoms with Gasteiger partial charge in [-0.2, -0.15) is 0 Å². The van der Waals surface area contributed by atoms with Gasteiger partial charge in [0.15, 0.2) is 0 Å². The van der Waals surface area contributed by atoms with E-state index < -0.39 is 0 Å². The van der Waals surface area contributed by atoms with Gasteiger partial charge in [0.05, 0.1) is 6.20 Å². The number of H-pyrrole nitrogens is 1. The Kier molecular flexibility index (Phi) is 3.47. The summed E-state index contributed by atoms with van der Waals surface area (Å²) in [4.78, 5) is 4.16. The Morgan fingerprint density at radius 3 is 2.42 bits per heavy atom. The van der Waals surface area contributed by atoms with Gasteiger partial charge in [-0.05, 0) is 37.5 Å². The van der Waals surface area contributed by atoms with Gasteiger partial charge < -0.3 is 4.98 Å².